The number of nitrogens with one attached hydrogen (secondary N) is 1. The molecule has 6 heteroatoms. The fraction of sp³-hybridized carbons (Fsp3) is 0.562. The molecule has 0 aromatic carbocycles. The van der Waals surface area contributed by atoms with Crippen LogP contribution in [0.2, 0.25) is 0 Å². The molecule has 2 aromatic rings. The summed E-state index contributed by atoms with van der Waals surface area (Å²) in [6.07, 6.45) is 8.95. The van der Waals surface area contributed by atoms with Gasteiger partial charge in [-0.3, -0.25) is 14.6 Å². The molecule has 0 bridgehead atoms. The largest absolute Gasteiger partial charge is 0.332 e. The van der Waals surface area contributed by atoms with Crippen LogP contribution in [0.3, 0.4) is 0 Å². The van der Waals surface area contributed by atoms with E-state index < -0.39 is 0 Å². The van der Waals surface area contributed by atoms with E-state index in [1.807, 2.05) is 27.9 Å². The molecule has 22 heavy (non-hydrogen) atoms. The first-order valence-electron chi connectivity index (χ1n) is 8.10. The number of aromatic amines is 1. The fourth-order valence-electron chi connectivity index (χ4n) is 3.10. The normalized spacial score (nSPS) is 18.6. The minimum atomic E-state index is 0.0375. The van der Waals surface area contributed by atoms with Crippen molar-refractivity contribution in [2.75, 3.05) is 6.54 Å². The van der Waals surface area contributed by atoms with Gasteiger partial charge in [-0.15, -0.1) is 0 Å². The average Bonchev–Trinajstić information content (AvgIpc) is 3.19. The van der Waals surface area contributed by atoms with Gasteiger partial charge in [0.15, 0.2) is 0 Å². The molecule has 1 fully saturated rings. The molecular formula is C16H23N5O. The Kier molecular flexibility index (Phi) is 4.56. The van der Waals surface area contributed by atoms with Gasteiger partial charge in [0, 0.05) is 24.6 Å². The van der Waals surface area contributed by atoms with Crippen LogP contribution in [0.4, 0.5) is 0 Å². The van der Waals surface area contributed by atoms with E-state index >= 15 is 0 Å². The molecule has 1 atom stereocenters. The Morgan fingerprint density at radius 2 is 2.36 bits per heavy atom. The summed E-state index contributed by atoms with van der Waals surface area (Å²) in [6.45, 7) is 3.68. The molecule has 2 aromatic heterocycles. The Labute approximate surface area is 130 Å². The number of likely N-dealkylation sites (tertiary alicyclic amines) is 1. The smallest absolute Gasteiger partial charge is 0.274 e. The zero-order chi connectivity index (χ0) is 15.4. The van der Waals surface area contributed by atoms with Gasteiger partial charge in [-0.25, -0.2) is 0 Å². The summed E-state index contributed by atoms with van der Waals surface area (Å²) in [6, 6.07) is 4.01. The fourth-order valence-corrected chi connectivity index (χ4v) is 3.10. The third-order valence-corrected chi connectivity index (χ3v) is 4.21. The maximum Gasteiger partial charge on any atom is 0.274 e. The Hall–Kier alpha value is -2.11. The number of H-pyrrole nitrogens is 1. The lowest BCUT2D eigenvalue weighted by Crippen LogP contribution is -2.46. The molecule has 6 nitrogen and oxygen atoms in total. The number of aromatic nitrogens is 4. The number of aryl methyl sites for hydroxylation is 1. The highest BCUT2D eigenvalue weighted by Gasteiger charge is 2.29. The second-order valence-corrected chi connectivity index (χ2v) is 5.90. The Morgan fingerprint density at radius 1 is 1.45 bits per heavy atom. The molecule has 0 unspecified atom stereocenters. The average molecular weight is 301 g/mol. The highest BCUT2D eigenvalue weighted by atomic mass is 16.2. The van der Waals surface area contributed by atoms with Crippen LogP contribution < -0.4 is 0 Å². The maximum atomic E-state index is 12.8. The predicted octanol–water partition coefficient (Wildman–Crippen LogP) is 2.25. The molecule has 3 heterocycles. The molecule has 0 saturated carbocycles. The zero-order valence-electron chi connectivity index (χ0n) is 13.0. The number of piperidine rings is 1. The molecule has 1 amide bonds. The topological polar surface area (TPSA) is 66.8 Å². The summed E-state index contributed by atoms with van der Waals surface area (Å²) in [5, 5.41) is 11.4. The summed E-state index contributed by atoms with van der Waals surface area (Å²) in [5.41, 5.74) is 1.57. The van der Waals surface area contributed by atoms with Crippen LogP contribution >= 0.6 is 0 Å². The SMILES string of the molecule is CCCc1cc(C(=O)N2CCCC[C@@H]2Cn2cccn2)n[nH]1. The summed E-state index contributed by atoms with van der Waals surface area (Å²) < 4.78 is 1.91. The monoisotopic (exact) mass is 301 g/mol. The standard InChI is InChI=1S/C16H23N5O/c1-2-6-13-11-15(19-18-13)16(22)21-10-4-3-7-14(21)12-20-9-5-8-17-20/h5,8-9,11,14H,2-4,6-7,10,12H2,1H3,(H,18,19)/t14-/m1/s1. The molecule has 0 aliphatic carbocycles. The first kappa shape index (κ1) is 14.8. The van der Waals surface area contributed by atoms with Crippen molar-refractivity contribution in [3.05, 3.63) is 35.9 Å². The summed E-state index contributed by atoms with van der Waals surface area (Å²) >= 11 is 0. The van der Waals surface area contributed by atoms with Gasteiger partial charge >= 0.3 is 0 Å². The highest BCUT2D eigenvalue weighted by Crippen LogP contribution is 2.20. The van der Waals surface area contributed by atoms with Crippen LogP contribution in [0, 0.1) is 0 Å². The van der Waals surface area contributed by atoms with E-state index in [0.29, 0.717) is 5.69 Å². The highest BCUT2D eigenvalue weighted by molar-refractivity contribution is 5.92. The maximum absolute atomic E-state index is 12.8. The van der Waals surface area contributed by atoms with E-state index in [9.17, 15) is 4.79 Å². The van der Waals surface area contributed by atoms with E-state index in [4.69, 9.17) is 0 Å². The van der Waals surface area contributed by atoms with Crippen molar-refractivity contribution < 1.29 is 4.79 Å². The van der Waals surface area contributed by atoms with Crippen LogP contribution in [-0.4, -0.2) is 43.4 Å². The number of amides is 1. The Balaban J connectivity index is 1.72. The van der Waals surface area contributed by atoms with Crippen molar-refractivity contribution in [1.29, 1.82) is 0 Å². The third-order valence-electron chi connectivity index (χ3n) is 4.21. The quantitative estimate of drug-likeness (QED) is 0.921. The van der Waals surface area contributed by atoms with Gasteiger partial charge in [0.1, 0.15) is 5.69 Å². The number of rotatable bonds is 5. The van der Waals surface area contributed by atoms with Gasteiger partial charge < -0.3 is 4.90 Å². The lowest BCUT2D eigenvalue weighted by Gasteiger charge is -2.35. The first-order chi connectivity index (χ1) is 10.8. The number of hydrogen-bond acceptors (Lipinski definition) is 3. The van der Waals surface area contributed by atoms with Gasteiger partial charge in [-0.1, -0.05) is 13.3 Å². The Morgan fingerprint density at radius 3 is 3.14 bits per heavy atom. The van der Waals surface area contributed by atoms with Crippen molar-refractivity contribution >= 4 is 5.91 Å². The zero-order valence-corrected chi connectivity index (χ0v) is 13.0. The lowest BCUT2D eigenvalue weighted by atomic mass is 10.0. The first-order valence-corrected chi connectivity index (χ1v) is 8.10. The van der Waals surface area contributed by atoms with E-state index in [2.05, 4.69) is 22.2 Å². The molecule has 1 saturated heterocycles. The van der Waals surface area contributed by atoms with Crippen molar-refractivity contribution in [2.24, 2.45) is 0 Å². The van der Waals surface area contributed by atoms with Crippen molar-refractivity contribution in [3.8, 4) is 0 Å². The number of hydrogen-bond donors (Lipinski definition) is 1. The second-order valence-electron chi connectivity index (χ2n) is 5.90. The molecule has 0 radical (unpaired) electrons. The van der Waals surface area contributed by atoms with Gasteiger partial charge in [0.05, 0.1) is 12.6 Å². The van der Waals surface area contributed by atoms with Crippen LogP contribution in [-0.2, 0) is 13.0 Å². The van der Waals surface area contributed by atoms with Crippen molar-refractivity contribution in [2.45, 2.75) is 51.6 Å². The summed E-state index contributed by atoms with van der Waals surface area (Å²) in [4.78, 5) is 14.7. The minimum Gasteiger partial charge on any atom is -0.332 e. The molecular weight excluding hydrogens is 278 g/mol. The van der Waals surface area contributed by atoms with E-state index in [0.717, 1.165) is 50.9 Å². The van der Waals surface area contributed by atoms with Crippen LogP contribution in [0.1, 0.15) is 48.8 Å². The van der Waals surface area contributed by atoms with Gasteiger partial charge in [0.25, 0.3) is 5.91 Å². The summed E-state index contributed by atoms with van der Waals surface area (Å²) in [5.74, 6) is 0.0375. The Bertz CT molecular complexity index is 604. The molecule has 3 rings (SSSR count). The number of carbonyl (C=O) groups is 1. The predicted molar refractivity (Wildman–Crippen MR) is 83.5 cm³/mol. The number of carbonyl (C=O) groups excluding carboxylic acids is 1. The van der Waals surface area contributed by atoms with Crippen LogP contribution in [0.15, 0.2) is 24.5 Å². The summed E-state index contributed by atoms with van der Waals surface area (Å²) in [7, 11) is 0. The molecule has 1 N–H and O–H groups in total. The van der Waals surface area contributed by atoms with Crippen molar-refractivity contribution in [3.63, 3.8) is 0 Å². The van der Waals surface area contributed by atoms with E-state index in [-0.39, 0.29) is 11.9 Å². The molecule has 1 aliphatic heterocycles. The minimum absolute atomic E-state index is 0.0375. The van der Waals surface area contributed by atoms with E-state index in [1.165, 1.54) is 0 Å². The van der Waals surface area contributed by atoms with Crippen LogP contribution in [0.5, 0.6) is 0 Å². The lowest BCUT2D eigenvalue weighted by molar-refractivity contribution is 0.0578. The van der Waals surface area contributed by atoms with Crippen molar-refractivity contribution in [1.82, 2.24) is 24.9 Å². The molecule has 0 spiro atoms. The third kappa shape index (κ3) is 3.21. The van der Waals surface area contributed by atoms with Gasteiger partial charge in [0.2, 0.25) is 0 Å². The van der Waals surface area contributed by atoms with Crippen LogP contribution in [0.25, 0.3) is 0 Å². The molecule has 1 aliphatic rings. The van der Waals surface area contributed by atoms with E-state index in [1.54, 1.807) is 6.20 Å². The molecule has 118 valence electrons. The van der Waals surface area contributed by atoms with Gasteiger partial charge in [-0.2, -0.15) is 10.2 Å². The number of nitrogens with zero attached hydrogens (tertiary/aromatic N) is 4. The van der Waals surface area contributed by atoms with Gasteiger partial charge in [-0.05, 0) is 37.8 Å². The second kappa shape index (κ2) is 6.77.